The van der Waals surface area contributed by atoms with Crippen molar-refractivity contribution in [3.63, 3.8) is 0 Å². The average Bonchev–Trinajstić information content (AvgIpc) is 3.28. The molecular weight excluding hydrogens is 590 g/mol. The third kappa shape index (κ3) is 7.96. The van der Waals surface area contributed by atoms with Gasteiger partial charge in [-0.2, -0.15) is 0 Å². The Balaban J connectivity index is 1.48. The van der Waals surface area contributed by atoms with Gasteiger partial charge in [0.2, 0.25) is 23.0 Å². The summed E-state index contributed by atoms with van der Waals surface area (Å²) in [5, 5.41) is 18.4. The SMILES string of the molecule is COc1cc2c(c(OC)c1OC)-c1ccc(NCCCCCC(=O)NC(C(=O)O)c3ccccc3)c(=O)cc1C(NC(C)=O)CC2. The van der Waals surface area contributed by atoms with Crippen LogP contribution in [-0.2, 0) is 20.8 Å². The van der Waals surface area contributed by atoms with Crippen LogP contribution in [0.25, 0.3) is 11.1 Å². The summed E-state index contributed by atoms with van der Waals surface area (Å²) in [6.07, 6.45) is 3.32. The molecular formula is C35H41N3O8. The summed E-state index contributed by atoms with van der Waals surface area (Å²) < 4.78 is 17.0. The van der Waals surface area contributed by atoms with Crippen molar-refractivity contribution in [2.75, 3.05) is 33.2 Å². The van der Waals surface area contributed by atoms with Gasteiger partial charge in [-0.3, -0.25) is 14.4 Å². The molecule has 3 aromatic carbocycles. The monoisotopic (exact) mass is 631 g/mol. The second-order valence-electron chi connectivity index (χ2n) is 11.1. The molecule has 46 heavy (non-hydrogen) atoms. The molecule has 0 heterocycles. The number of nitrogens with one attached hydrogen (secondary N) is 3. The normalized spacial score (nSPS) is 14.0. The second-order valence-corrected chi connectivity index (χ2v) is 11.1. The van der Waals surface area contributed by atoms with Gasteiger partial charge in [-0.15, -0.1) is 0 Å². The van der Waals surface area contributed by atoms with Gasteiger partial charge in [0.15, 0.2) is 17.5 Å². The Morgan fingerprint density at radius 3 is 2.33 bits per heavy atom. The van der Waals surface area contributed by atoms with E-state index in [1.807, 2.05) is 12.1 Å². The molecule has 0 spiro atoms. The van der Waals surface area contributed by atoms with Crippen molar-refractivity contribution in [3.05, 3.63) is 81.5 Å². The van der Waals surface area contributed by atoms with E-state index in [1.165, 1.54) is 14.0 Å². The largest absolute Gasteiger partial charge is 0.493 e. The fraction of sp³-hybridized carbons (Fsp3) is 0.371. The lowest BCUT2D eigenvalue weighted by atomic mass is 9.95. The molecule has 3 aromatic rings. The van der Waals surface area contributed by atoms with Gasteiger partial charge in [0.25, 0.3) is 0 Å². The number of fused-ring (bicyclic) bond motifs is 3. The number of unbranched alkanes of at least 4 members (excludes halogenated alkanes) is 2. The van der Waals surface area contributed by atoms with Crippen molar-refractivity contribution in [1.29, 1.82) is 0 Å². The van der Waals surface area contributed by atoms with Crippen molar-refractivity contribution >= 4 is 23.5 Å². The van der Waals surface area contributed by atoms with Crippen LogP contribution in [0.5, 0.6) is 17.2 Å². The Hall–Kier alpha value is -5.06. The van der Waals surface area contributed by atoms with E-state index in [-0.39, 0.29) is 23.7 Å². The van der Waals surface area contributed by atoms with Gasteiger partial charge in [0.05, 0.1) is 33.1 Å². The summed E-state index contributed by atoms with van der Waals surface area (Å²) in [7, 11) is 4.66. The molecule has 1 aliphatic rings. The predicted molar refractivity (Wildman–Crippen MR) is 175 cm³/mol. The molecule has 2 atom stereocenters. The van der Waals surface area contributed by atoms with Gasteiger partial charge in [-0.25, -0.2) is 4.79 Å². The molecule has 0 aliphatic heterocycles. The van der Waals surface area contributed by atoms with E-state index in [9.17, 15) is 24.3 Å². The Bertz CT molecular complexity index is 1630. The summed E-state index contributed by atoms with van der Waals surface area (Å²) in [5.74, 6) is -0.200. The zero-order valence-corrected chi connectivity index (χ0v) is 26.6. The number of rotatable bonds is 14. The highest BCUT2D eigenvalue weighted by Gasteiger charge is 2.29. The van der Waals surface area contributed by atoms with E-state index in [1.54, 1.807) is 56.7 Å². The molecule has 0 aromatic heterocycles. The number of hydrogen-bond donors (Lipinski definition) is 4. The van der Waals surface area contributed by atoms with Crippen molar-refractivity contribution < 1.29 is 33.7 Å². The highest BCUT2D eigenvalue weighted by atomic mass is 16.5. The zero-order chi connectivity index (χ0) is 33.2. The van der Waals surface area contributed by atoms with E-state index >= 15 is 0 Å². The Morgan fingerprint density at radius 2 is 1.67 bits per heavy atom. The lowest BCUT2D eigenvalue weighted by molar-refractivity contribution is -0.142. The Labute approximate surface area is 268 Å². The van der Waals surface area contributed by atoms with Gasteiger partial charge in [-0.1, -0.05) is 42.8 Å². The third-order valence-electron chi connectivity index (χ3n) is 8.00. The molecule has 0 fully saturated rings. The van der Waals surface area contributed by atoms with Crippen LogP contribution in [0.15, 0.2) is 59.4 Å². The first kappa shape index (κ1) is 33.8. The minimum Gasteiger partial charge on any atom is -0.493 e. The molecule has 0 bridgehead atoms. The van der Waals surface area contributed by atoms with Gasteiger partial charge in [-0.05, 0) is 66.1 Å². The fourth-order valence-electron chi connectivity index (χ4n) is 5.83. The van der Waals surface area contributed by atoms with E-state index in [0.717, 1.165) is 16.7 Å². The van der Waals surface area contributed by atoms with E-state index in [2.05, 4.69) is 16.0 Å². The van der Waals surface area contributed by atoms with Gasteiger partial charge in [0.1, 0.15) is 0 Å². The number of anilines is 1. The smallest absolute Gasteiger partial charge is 0.330 e. The number of carbonyl (C=O) groups is 3. The topological polar surface area (TPSA) is 152 Å². The number of aryl methyl sites for hydroxylation is 1. The molecule has 2 amide bonds. The molecule has 2 unspecified atom stereocenters. The maximum Gasteiger partial charge on any atom is 0.330 e. The standard InChI is InChI=1S/C35H41N3O8/c1-21(39)37-26-16-14-23-19-29(44-2)33(45-3)34(46-4)31(23)24-15-17-27(28(40)20-25(24)26)36-18-10-6-9-13-30(41)38-32(35(42)43)22-11-7-5-8-12-22/h5,7-8,11-12,15,17,19-20,26,32H,6,9-10,13-14,16,18H2,1-4H3,(H,36,40)(H,37,39)(H,38,41)(H,42,43). The second kappa shape index (κ2) is 15.8. The van der Waals surface area contributed by atoms with Crippen LogP contribution in [-0.4, -0.2) is 50.8 Å². The van der Waals surface area contributed by atoms with E-state index in [0.29, 0.717) is 72.7 Å². The van der Waals surface area contributed by atoms with Crippen LogP contribution in [0, 0.1) is 0 Å². The van der Waals surface area contributed by atoms with Crippen LogP contribution in [0.3, 0.4) is 0 Å². The predicted octanol–water partition coefficient (Wildman–Crippen LogP) is 4.78. The summed E-state index contributed by atoms with van der Waals surface area (Å²) in [5.41, 5.74) is 3.84. The highest BCUT2D eigenvalue weighted by Crippen LogP contribution is 2.50. The molecule has 244 valence electrons. The van der Waals surface area contributed by atoms with E-state index < -0.39 is 18.1 Å². The van der Waals surface area contributed by atoms with Crippen molar-refractivity contribution in [3.8, 4) is 28.4 Å². The summed E-state index contributed by atoms with van der Waals surface area (Å²) >= 11 is 0. The molecule has 4 rings (SSSR count). The number of benzene rings is 2. The Kier molecular flexibility index (Phi) is 11.6. The highest BCUT2D eigenvalue weighted by molar-refractivity contribution is 5.85. The number of carbonyl (C=O) groups excluding carboxylic acids is 2. The molecule has 11 heteroatoms. The van der Waals surface area contributed by atoms with E-state index in [4.69, 9.17) is 14.2 Å². The van der Waals surface area contributed by atoms with Crippen LogP contribution in [0.2, 0.25) is 0 Å². The minimum atomic E-state index is -1.12. The van der Waals surface area contributed by atoms with Crippen LogP contribution >= 0.6 is 0 Å². The number of hydrogen-bond acceptors (Lipinski definition) is 8. The number of aliphatic carboxylic acids is 1. The lowest BCUT2D eigenvalue weighted by Gasteiger charge is -2.19. The Morgan fingerprint density at radius 1 is 0.935 bits per heavy atom. The van der Waals surface area contributed by atoms with Gasteiger partial charge >= 0.3 is 5.97 Å². The fourth-order valence-corrected chi connectivity index (χ4v) is 5.83. The van der Waals surface area contributed by atoms with Crippen molar-refractivity contribution in [1.82, 2.24) is 10.6 Å². The van der Waals surface area contributed by atoms with Crippen molar-refractivity contribution in [2.24, 2.45) is 0 Å². The first-order valence-corrected chi connectivity index (χ1v) is 15.3. The van der Waals surface area contributed by atoms with Crippen LogP contribution in [0.1, 0.15) is 67.8 Å². The molecule has 0 radical (unpaired) electrons. The number of ether oxygens (including phenoxy) is 3. The first-order valence-electron chi connectivity index (χ1n) is 15.3. The first-order chi connectivity index (χ1) is 22.2. The zero-order valence-electron chi connectivity index (χ0n) is 26.6. The van der Waals surface area contributed by atoms with Crippen LogP contribution in [0.4, 0.5) is 5.69 Å². The van der Waals surface area contributed by atoms with Gasteiger partial charge < -0.3 is 35.3 Å². The molecule has 4 N–H and O–H groups in total. The number of carboxylic acids is 1. The average molecular weight is 632 g/mol. The lowest BCUT2D eigenvalue weighted by Crippen LogP contribution is -2.33. The quantitative estimate of drug-likeness (QED) is 0.184. The molecule has 0 saturated carbocycles. The van der Waals surface area contributed by atoms with Crippen LogP contribution < -0.4 is 35.6 Å². The summed E-state index contributed by atoms with van der Waals surface area (Å²) in [6, 6.07) is 14.2. The minimum absolute atomic E-state index is 0.191. The number of amides is 2. The third-order valence-corrected chi connectivity index (χ3v) is 8.00. The maximum atomic E-state index is 13.5. The van der Waals surface area contributed by atoms with Crippen molar-refractivity contribution in [2.45, 2.75) is 57.5 Å². The van der Waals surface area contributed by atoms with Gasteiger partial charge in [0, 0.05) is 25.5 Å². The summed E-state index contributed by atoms with van der Waals surface area (Å²) in [4.78, 5) is 49.7. The molecule has 1 aliphatic carbocycles. The molecule has 11 nitrogen and oxygen atoms in total. The maximum absolute atomic E-state index is 13.5. The number of carboxylic acid groups (broad SMARTS) is 1. The number of methoxy groups -OCH3 is 3. The summed E-state index contributed by atoms with van der Waals surface area (Å²) in [6.45, 7) is 1.95. The molecule has 0 saturated heterocycles.